The number of esters is 1. The summed E-state index contributed by atoms with van der Waals surface area (Å²) in [5.74, 6) is -0.212. The number of rotatable bonds is 27. The summed E-state index contributed by atoms with van der Waals surface area (Å²) < 4.78 is 45.9. The second kappa shape index (κ2) is 26.7. The number of nitrogens with zero attached hydrogens (tertiary/aromatic N) is 2. The van der Waals surface area contributed by atoms with Gasteiger partial charge in [0, 0.05) is 25.2 Å². The van der Waals surface area contributed by atoms with Gasteiger partial charge in [0.05, 0.1) is 65.9 Å². The Labute approximate surface area is 437 Å². The van der Waals surface area contributed by atoms with Crippen molar-refractivity contribution in [3.63, 3.8) is 0 Å². The number of imide groups is 2. The number of carbonyl (C=O) groups excluding carboxylic acids is 6. The van der Waals surface area contributed by atoms with E-state index in [2.05, 4.69) is 16.0 Å². The molecule has 0 saturated carbocycles. The molecule has 4 atom stereocenters. The molecule has 3 aliphatic rings. The van der Waals surface area contributed by atoms with Crippen molar-refractivity contribution in [3.05, 3.63) is 101 Å². The highest BCUT2D eigenvalue weighted by Crippen LogP contribution is 2.42. The number of hydrogen-bond acceptors (Lipinski definition) is 16. The van der Waals surface area contributed by atoms with E-state index in [0.29, 0.717) is 111 Å². The number of likely N-dealkylation sites (tertiary alicyclic amines) is 1. The van der Waals surface area contributed by atoms with Crippen LogP contribution in [0, 0.1) is 0 Å². The monoisotopic (exact) mass is 1040 g/mol. The molecule has 19 heteroatoms. The summed E-state index contributed by atoms with van der Waals surface area (Å²) in [5.41, 5.74) is 3.43. The highest BCUT2D eigenvalue weighted by molar-refractivity contribution is 6.25. The molecule has 3 heterocycles. The zero-order valence-electron chi connectivity index (χ0n) is 43.7. The van der Waals surface area contributed by atoms with E-state index in [4.69, 9.17) is 37.9 Å². The molecule has 1 unspecified atom stereocenters. The Kier molecular flexibility index (Phi) is 19.7. The van der Waals surface area contributed by atoms with Crippen molar-refractivity contribution in [2.45, 2.75) is 95.2 Å². The molecule has 4 aromatic carbocycles. The van der Waals surface area contributed by atoms with Crippen molar-refractivity contribution in [2.75, 3.05) is 80.4 Å². The van der Waals surface area contributed by atoms with E-state index in [-0.39, 0.29) is 29.9 Å². The van der Waals surface area contributed by atoms with Crippen LogP contribution in [0.5, 0.6) is 34.5 Å². The lowest BCUT2D eigenvalue weighted by Gasteiger charge is -2.37. The van der Waals surface area contributed by atoms with Crippen molar-refractivity contribution in [3.8, 4) is 34.5 Å². The topological polar surface area (TPSA) is 219 Å². The zero-order valence-corrected chi connectivity index (χ0v) is 43.7. The van der Waals surface area contributed by atoms with Gasteiger partial charge in [0.15, 0.2) is 23.0 Å². The zero-order chi connectivity index (χ0) is 53.4. The summed E-state index contributed by atoms with van der Waals surface area (Å²) in [6.45, 7) is 4.53. The lowest BCUT2D eigenvalue weighted by molar-refractivity contribution is -0.162. The summed E-state index contributed by atoms with van der Waals surface area (Å²) >= 11 is 0. The second-order valence-corrected chi connectivity index (χ2v) is 18.4. The van der Waals surface area contributed by atoms with Crippen LogP contribution in [-0.4, -0.2) is 133 Å². The first-order chi connectivity index (χ1) is 36.4. The largest absolute Gasteiger partial charge is 0.493 e. The quantitative estimate of drug-likeness (QED) is 0.0243. The van der Waals surface area contributed by atoms with Gasteiger partial charge in [0.2, 0.25) is 23.5 Å². The van der Waals surface area contributed by atoms with Crippen LogP contribution in [0.2, 0.25) is 0 Å². The number of hydrogen-bond donors (Lipinski definition) is 3. The number of anilines is 1. The number of ether oxygens (including phenoxy) is 8. The van der Waals surface area contributed by atoms with Crippen LogP contribution in [-0.2, 0) is 35.1 Å². The SMILES string of the molecule is CC[C@H](C(=O)N1CCCC[C@H]1C(=O)O[C@H](CCc1ccc(OC)c(OC)c1)c1ccc(OCCOCNCCCCNc2cccc3c2C(=O)N(C2CCC(=O)NC2=O)C3=O)cc1)c1cc(OC)c(OC)c(OC)c1. The van der Waals surface area contributed by atoms with E-state index in [9.17, 15) is 28.8 Å². The molecule has 3 aliphatic heterocycles. The lowest BCUT2D eigenvalue weighted by atomic mass is 9.91. The van der Waals surface area contributed by atoms with Crippen molar-refractivity contribution in [1.82, 2.24) is 20.4 Å². The van der Waals surface area contributed by atoms with Gasteiger partial charge in [-0.15, -0.1) is 0 Å². The van der Waals surface area contributed by atoms with Crippen molar-refractivity contribution < 1.29 is 66.7 Å². The number of methoxy groups -OCH3 is 5. The fraction of sp³-hybridized carbons (Fsp3) is 0.464. The van der Waals surface area contributed by atoms with Crippen LogP contribution in [0.15, 0.2) is 72.8 Å². The minimum absolute atomic E-state index is 0.0576. The summed E-state index contributed by atoms with van der Waals surface area (Å²) in [5, 5.41) is 8.74. The van der Waals surface area contributed by atoms with Crippen LogP contribution in [0.25, 0.3) is 0 Å². The number of amides is 5. The third-order valence-electron chi connectivity index (χ3n) is 13.8. The lowest BCUT2D eigenvalue weighted by Crippen LogP contribution is -2.54. The molecule has 0 aromatic heterocycles. The van der Waals surface area contributed by atoms with E-state index >= 15 is 0 Å². The molecule has 2 saturated heterocycles. The Bertz CT molecular complexity index is 2640. The van der Waals surface area contributed by atoms with E-state index < -0.39 is 53.7 Å². The molecule has 19 nitrogen and oxygen atoms in total. The molecule has 7 rings (SSSR count). The summed E-state index contributed by atoms with van der Waals surface area (Å²) in [7, 11) is 7.77. The van der Waals surface area contributed by atoms with Gasteiger partial charge in [-0.1, -0.05) is 31.2 Å². The van der Waals surface area contributed by atoms with Crippen LogP contribution >= 0.6 is 0 Å². The first-order valence-corrected chi connectivity index (χ1v) is 25.6. The highest BCUT2D eigenvalue weighted by atomic mass is 16.6. The molecule has 0 spiro atoms. The fourth-order valence-electron chi connectivity index (χ4n) is 9.82. The van der Waals surface area contributed by atoms with Gasteiger partial charge in [-0.05, 0) is 130 Å². The maximum absolute atomic E-state index is 14.5. The van der Waals surface area contributed by atoms with Gasteiger partial charge in [0.1, 0.15) is 30.5 Å². The average Bonchev–Trinajstić information content (AvgIpc) is 3.69. The smallest absolute Gasteiger partial charge is 0.329 e. The number of benzene rings is 4. The average molecular weight is 1040 g/mol. The van der Waals surface area contributed by atoms with Gasteiger partial charge in [-0.3, -0.25) is 39.5 Å². The Morgan fingerprint density at radius 3 is 2.19 bits per heavy atom. The summed E-state index contributed by atoms with van der Waals surface area (Å²) in [4.78, 5) is 82.1. The van der Waals surface area contributed by atoms with Gasteiger partial charge < -0.3 is 48.1 Å². The molecule has 2 fully saturated rings. The van der Waals surface area contributed by atoms with Crippen molar-refractivity contribution in [2.24, 2.45) is 0 Å². The molecule has 0 bridgehead atoms. The highest BCUT2D eigenvalue weighted by Gasteiger charge is 2.46. The van der Waals surface area contributed by atoms with Gasteiger partial charge in [-0.2, -0.15) is 0 Å². The van der Waals surface area contributed by atoms with E-state index in [1.807, 2.05) is 49.4 Å². The summed E-state index contributed by atoms with van der Waals surface area (Å²) in [6, 6.07) is 20.0. The number of fused-ring (bicyclic) bond motifs is 1. The van der Waals surface area contributed by atoms with Crippen LogP contribution in [0.1, 0.15) is 114 Å². The Hall–Kier alpha value is -7.38. The Morgan fingerprint density at radius 2 is 1.49 bits per heavy atom. The van der Waals surface area contributed by atoms with E-state index in [0.717, 1.165) is 41.7 Å². The molecule has 4 aromatic rings. The third-order valence-corrected chi connectivity index (χ3v) is 13.8. The first kappa shape index (κ1) is 55.4. The number of nitrogens with one attached hydrogen (secondary N) is 3. The fourth-order valence-corrected chi connectivity index (χ4v) is 9.82. The van der Waals surface area contributed by atoms with Crippen LogP contribution in [0.3, 0.4) is 0 Å². The number of aryl methyl sites for hydroxylation is 1. The predicted molar refractivity (Wildman–Crippen MR) is 277 cm³/mol. The Morgan fingerprint density at radius 1 is 0.760 bits per heavy atom. The van der Waals surface area contributed by atoms with Crippen LogP contribution in [0.4, 0.5) is 5.69 Å². The molecule has 402 valence electrons. The molecule has 5 amide bonds. The first-order valence-electron chi connectivity index (χ1n) is 25.6. The maximum Gasteiger partial charge on any atom is 0.329 e. The Balaban J connectivity index is 0.893. The van der Waals surface area contributed by atoms with Crippen molar-refractivity contribution >= 4 is 41.2 Å². The predicted octanol–water partition coefficient (Wildman–Crippen LogP) is 6.76. The number of carbonyl (C=O) groups is 6. The third kappa shape index (κ3) is 13.3. The molecular formula is C56H69N5O14. The molecule has 75 heavy (non-hydrogen) atoms. The van der Waals surface area contributed by atoms with Gasteiger partial charge in [-0.25, -0.2) is 4.79 Å². The molecule has 0 radical (unpaired) electrons. The number of piperidine rings is 2. The standard InChI is InChI=1S/C56H69N5O14/c1-7-39(37-32-47(70-4)51(72-6)48(33-37)71-5)53(64)60-28-11-8-15-43(60)56(67)75-44(23-16-35-17-24-45(68-2)46(31-35)69-3)36-18-20-38(21-19-36)74-30-29-73-34-57-26-9-10-27-58-41-14-12-13-40-50(41)55(66)61(54(40)65)42-22-25-49(62)59-52(42)63/h12-14,17-21,24,31-33,39,42-44,57-58H,7-11,15-16,22-23,25-30,34H2,1-6H3,(H,59,62,63)/t39-,42?,43-,44+/m0/s1. The number of unbranched alkanes of at least 4 members (excludes halogenated alkanes) is 1. The van der Waals surface area contributed by atoms with Gasteiger partial charge >= 0.3 is 5.97 Å². The molecule has 3 N–H and O–H groups in total. The molecular weight excluding hydrogens is 967 g/mol. The summed E-state index contributed by atoms with van der Waals surface area (Å²) in [6.07, 6.45) is 4.58. The second-order valence-electron chi connectivity index (χ2n) is 18.4. The van der Waals surface area contributed by atoms with E-state index in [1.165, 1.54) is 21.3 Å². The maximum atomic E-state index is 14.5. The minimum atomic E-state index is -1.02. The van der Waals surface area contributed by atoms with Crippen molar-refractivity contribution in [1.29, 1.82) is 0 Å². The van der Waals surface area contributed by atoms with Gasteiger partial charge in [0.25, 0.3) is 11.8 Å². The minimum Gasteiger partial charge on any atom is -0.493 e. The van der Waals surface area contributed by atoms with Crippen LogP contribution < -0.4 is 44.4 Å². The normalized spacial score (nSPS) is 17.1. The van der Waals surface area contributed by atoms with E-state index in [1.54, 1.807) is 49.5 Å². The molecule has 0 aliphatic carbocycles.